The molecule has 0 unspecified atom stereocenters. The summed E-state index contributed by atoms with van der Waals surface area (Å²) < 4.78 is 17.3. The number of aromatic nitrogens is 2. The van der Waals surface area contributed by atoms with Crippen LogP contribution in [0.3, 0.4) is 0 Å². The van der Waals surface area contributed by atoms with Crippen LogP contribution < -0.4 is 4.90 Å². The third kappa shape index (κ3) is 3.33. The van der Waals surface area contributed by atoms with Crippen LogP contribution in [0.15, 0.2) is 35.1 Å². The first-order valence-corrected chi connectivity index (χ1v) is 11.4. The molecule has 1 aromatic heterocycles. The first kappa shape index (κ1) is 18.8. The van der Waals surface area contributed by atoms with Gasteiger partial charge in [-0.05, 0) is 55.8 Å². The third-order valence-corrected chi connectivity index (χ3v) is 7.62. The lowest BCUT2D eigenvalue weighted by Crippen LogP contribution is -2.62. The normalized spacial score (nSPS) is 29.5. The van der Waals surface area contributed by atoms with Gasteiger partial charge in [-0.3, -0.25) is 4.90 Å². The monoisotopic (exact) mass is 410 g/mol. The second kappa shape index (κ2) is 7.62. The van der Waals surface area contributed by atoms with Gasteiger partial charge in [0.05, 0.1) is 26.3 Å². The molecular weight excluding hydrogens is 380 g/mol. The van der Waals surface area contributed by atoms with Crippen molar-refractivity contribution in [2.45, 2.75) is 49.2 Å². The molecule has 5 heterocycles. The Morgan fingerprint density at radius 2 is 1.77 bits per heavy atom. The largest absolute Gasteiger partial charge is 0.411 e. The maximum atomic E-state index is 6.28. The smallest absolute Gasteiger partial charge is 0.318 e. The number of rotatable bonds is 4. The molecule has 2 atom stereocenters. The number of anilines is 1. The fourth-order valence-electron chi connectivity index (χ4n) is 5.97. The SMILES string of the molecule is c1ccc([C@H]2CCOC2)c(C2CCN([C@@H]3COC4(C3)CN(c3nnco3)C4)CC2)c1. The van der Waals surface area contributed by atoms with Crippen LogP contribution in [0.4, 0.5) is 6.01 Å². The lowest BCUT2D eigenvalue weighted by molar-refractivity contribution is -0.0216. The van der Waals surface area contributed by atoms with E-state index >= 15 is 0 Å². The van der Waals surface area contributed by atoms with E-state index in [2.05, 4.69) is 44.3 Å². The van der Waals surface area contributed by atoms with E-state index < -0.39 is 0 Å². The van der Waals surface area contributed by atoms with Gasteiger partial charge in [-0.15, -0.1) is 5.10 Å². The van der Waals surface area contributed by atoms with Crippen molar-refractivity contribution in [1.29, 1.82) is 0 Å². The molecule has 2 aromatic rings. The summed E-state index contributed by atoms with van der Waals surface area (Å²) in [5.74, 6) is 1.26. The van der Waals surface area contributed by atoms with Gasteiger partial charge in [-0.2, -0.15) is 0 Å². The van der Waals surface area contributed by atoms with Gasteiger partial charge in [0, 0.05) is 18.6 Å². The van der Waals surface area contributed by atoms with Crippen LogP contribution in [0.25, 0.3) is 0 Å². The zero-order valence-corrected chi connectivity index (χ0v) is 17.4. The number of hydrogen-bond acceptors (Lipinski definition) is 7. The summed E-state index contributed by atoms with van der Waals surface area (Å²) in [6.45, 7) is 6.69. The standard InChI is InChI=1S/C23H30N4O3/c1-2-4-21(18-7-10-28-12-18)20(3-1)17-5-8-26(9-6-17)19-11-23(30-13-19)14-27(15-23)22-25-24-16-29-22/h1-4,16-19H,5-15H2/t18-,19-/m0/s1. The van der Waals surface area contributed by atoms with Crippen molar-refractivity contribution in [2.24, 2.45) is 0 Å². The molecule has 0 saturated carbocycles. The van der Waals surface area contributed by atoms with Crippen molar-refractivity contribution >= 4 is 6.01 Å². The van der Waals surface area contributed by atoms with Crippen LogP contribution in [-0.2, 0) is 9.47 Å². The summed E-state index contributed by atoms with van der Waals surface area (Å²) in [7, 11) is 0. The van der Waals surface area contributed by atoms with Gasteiger partial charge < -0.3 is 18.8 Å². The minimum atomic E-state index is -0.0228. The highest BCUT2D eigenvalue weighted by Gasteiger charge is 2.52. The number of likely N-dealkylation sites (tertiary alicyclic amines) is 1. The molecule has 4 aliphatic rings. The minimum absolute atomic E-state index is 0.0228. The number of piperidine rings is 1. The highest BCUT2D eigenvalue weighted by molar-refractivity contribution is 5.35. The summed E-state index contributed by atoms with van der Waals surface area (Å²) >= 11 is 0. The molecule has 7 heteroatoms. The molecule has 7 nitrogen and oxygen atoms in total. The fraction of sp³-hybridized carbons (Fsp3) is 0.652. The summed E-state index contributed by atoms with van der Waals surface area (Å²) in [4.78, 5) is 4.78. The fourth-order valence-corrected chi connectivity index (χ4v) is 5.97. The zero-order chi connectivity index (χ0) is 20.0. The van der Waals surface area contributed by atoms with Gasteiger partial charge in [0.2, 0.25) is 6.39 Å². The lowest BCUT2D eigenvalue weighted by atomic mass is 9.81. The van der Waals surface area contributed by atoms with Crippen molar-refractivity contribution in [3.63, 3.8) is 0 Å². The quantitative estimate of drug-likeness (QED) is 0.768. The van der Waals surface area contributed by atoms with Crippen LogP contribution in [0.5, 0.6) is 0 Å². The van der Waals surface area contributed by atoms with Crippen molar-refractivity contribution < 1.29 is 13.9 Å². The van der Waals surface area contributed by atoms with E-state index in [1.165, 1.54) is 24.8 Å². The molecule has 4 fully saturated rings. The van der Waals surface area contributed by atoms with Crippen LogP contribution in [-0.4, -0.2) is 72.7 Å². The Balaban J connectivity index is 1.05. The van der Waals surface area contributed by atoms with E-state index in [4.69, 9.17) is 13.9 Å². The van der Waals surface area contributed by atoms with Crippen LogP contribution >= 0.6 is 0 Å². The Kier molecular flexibility index (Phi) is 4.77. The summed E-state index contributed by atoms with van der Waals surface area (Å²) in [6, 6.07) is 10.2. The zero-order valence-electron chi connectivity index (χ0n) is 17.4. The van der Waals surface area contributed by atoms with Crippen molar-refractivity contribution in [3.05, 3.63) is 41.8 Å². The Morgan fingerprint density at radius 3 is 2.47 bits per heavy atom. The Labute approximate surface area is 177 Å². The molecule has 1 aromatic carbocycles. The maximum absolute atomic E-state index is 6.28. The molecule has 30 heavy (non-hydrogen) atoms. The second-order valence-electron chi connectivity index (χ2n) is 9.43. The minimum Gasteiger partial charge on any atom is -0.411 e. The first-order valence-electron chi connectivity index (χ1n) is 11.4. The Hall–Kier alpha value is -1.96. The van der Waals surface area contributed by atoms with Crippen molar-refractivity contribution in [1.82, 2.24) is 15.1 Å². The lowest BCUT2D eigenvalue weighted by Gasteiger charge is -2.46. The molecular formula is C23H30N4O3. The van der Waals surface area contributed by atoms with Gasteiger partial charge in [0.15, 0.2) is 0 Å². The average Bonchev–Trinajstić information content (AvgIpc) is 3.54. The molecule has 4 aliphatic heterocycles. The molecule has 160 valence electrons. The number of benzene rings is 1. The Morgan fingerprint density at radius 1 is 0.967 bits per heavy atom. The molecule has 0 N–H and O–H groups in total. The number of nitrogens with zero attached hydrogens (tertiary/aromatic N) is 4. The van der Waals surface area contributed by atoms with Gasteiger partial charge >= 0.3 is 6.01 Å². The summed E-state index contributed by atoms with van der Waals surface area (Å²) in [6.07, 6.45) is 6.14. The van der Waals surface area contributed by atoms with E-state index in [1.54, 1.807) is 5.56 Å². The molecule has 6 rings (SSSR count). The second-order valence-corrected chi connectivity index (χ2v) is 9.43. The highest BCUT2D eigenvalue weighted by Crippen LogP contribution is 2.41. The van der Waals surface area contributed by atoms with E-state index in [0.717, 1.165) is 58.8 Å². The molecule has 1 spiro atoms. The van der Waals surface area contributed by atoms with Gasteiger partial charge in [-0.25, -0.2) is 0 Å². The maximum Gasteiger partial charge on any atom is 0.318 e. The molecule has 0 radical (unpaired) electrons. The van der Waals surface area contributed by atoms with Gasteiger partial charge in [0.25, 0.3) is 0 Å². The van der Waals surface area contributed by atoms with Crippen LogP contribution in [0.1, 0.15) is 48.6 Å². The predicted molar refractivity (Wildman–Crippen MR) is 112 cm³/mol. The van der Waals surface area contributed by atoms with E-state index in [-0.39, 0.29) is 5.60 Å². The third-order valence-electron chi connectivity index (χ3n) is 7.62. The van der Waals surface area contributed by atoms with E-state index in [0.29, 0.717) is 23.9 Å². The molecule has 0 aliphatic carbocycles. The molecule has 0 bridgehead atoms. The van der Waals surface area contributed by atoms with Crippen LogP contribution in [0.2, 0.25) is 0 Å². The number of hydrogen-bond donors (Lipinski definition) is 0. The topological polar surface area (TPSA) is 63.9 Å². The Bertz CT molecular complexity index is 853. The first-order chi connectivity index (χ1) is 14.8. The summed E-state index contributed by atoms with van der Waals surface area (Å²) in [5, 5.41) is 7.79. The average molecular weight is 411 g/mol. The van der Waals surface area contributed by atoms with Crippen molar-refractivity contribution in [2.75, 3.05) is 50.9 Å². The number of ether oxygens (including phenoxy) is 2. The van der Waals surface area contributed by atoms with E-state index in [9.17, 15) is 0 Å². The van der Waals surface area contributed by atoms with Gasteiger partial charge in [0.1, 0.15) is 5.60 Å². The highest BCUT2D eigenvalue weighted by atomic mass is 16.5. The molecule has 4 saturated heterocycles. The summed E-state index contributed by atoms with van der Waals surface area (Å²) in [5.41, 5.74) is 3.08. The predicted octanol–water partition coefficient (Wildman–Crippen LogP) is 2.80. The molecule has 0 amide bonds. The van der Waals surface area contributed by atoms with Gasteiger partial charge in [-0.1, -0.05) is 29.4 Å². The van der Waals surface area contributed by atoms with Crippen LogP contribution in [0, 0.1) is 0 Å². The van der Waals surface area contributed by atoms with Crippen molar-refractivity contribution in [3.8, 4) is 0 Å². The van der Waals surface area contributed by atoms with E-state index in [1.807, 2.05) is 0 Å².